The van der Waals surface area contributed by atoms with Crippen LogP contribution in [0.4, 0.5) is 0 Å². The summed E-state index contributed by atoms with van der Waals surface area (Å²) in [6.07, 6.45) is 1.20. The molecule has 0 amide bonds. The lowest BCUT2D eigenvalue weighted by Crippen LogP contribution is -2.29. The van der Waals surface area contributed by atoms with Crippen molar-refractivity contribution in [2.75, 3.05) is 13.1 Å². The minimum absolute atomic E-state index is 0.717. The summed E-state index contributed by atoms with van der Waals surface area (Å²) < 4.78 is 0. The van der Waals surface area contributed by atoms with Crippen LogP contribution in [-0.4, -0.2) is 13.1 Å². The standard InChI is InChI=1S/C19H33N/c1-13(2)11-20-12-18(7)15(4)10-19-16(5)8-14(3)9-17(19)6/h8-9,13,15,18,20H,10-12H2,1-7H3. The lowest BCUT2D eigenvalue weighted by molar-refractivity contribution is 0.356. The highest BCUT2D eigenvalue weighted by Crippen LogP contribution is 2.23. The Labute approximate surface area is 126 Å². The third kappa shape index (κ3) is 5.28. The molecule has 0 heterocycles. The lowest BCUT2D eigenvalue weighted by atomic mass is 9.86. The molecule has 0 aliphatic rings. The van der Waals surface area contributed by atoms with E-state index in [1.54, 1.807) is 5.56 Å². The Morgan fingerprint density at radius 3 is 1.90 bits per heavy atom. The predicted octanol–water partition coefficient (Wildman–Crippen LogP) is 4.67. The molecule has 0 saturated heterocycles. The van der Waals surface area contributed by atoms with Crippen LogP contribution in [-0.2, 0) is 6.42 Å². The van der Waals surface area contributed by atoms with Crippen LogP contribution in [0.5, 0.6) is 0 Å². The molecular weight excluding hydrogens is 242 g/mol. The van der Waals surface area contributed by atoms with Gasteiger partial charge in [-0.05, 0) is 74.7 Å². The van der Waals surface area contributed by atoms with Crippen molar-refractivity contribution in [3.63, 3.8) is 0 Å². The molecule has 114 valence electrons. The second-order valence-electron chi connectivity index (χ2n) is 7.09. The Morgan fingerprint density at radius 1 is 0.850 bits per heavy atom. The Morgan fingerprint density at radius 2 is 1.40 bits per heavy atom. The van der Waals surface area contributed by atoms with Gasteiger partial charge in [0.05, 0.1) is 0 Å². The molecule has 1 aromatic rings. The minimum Gasteiger partial charge on any atom is -0.316 e. The van der Waals surface area contributed by atoms with Crippen molar-refractivity contribution in [2.45, 2.75) is 54.9 Å². The van der Waals surface area contributed by atoms with E-state index in [2.05, 4.69) is 65.9 Å². The molecule has 0 fully saturated rings. The number of hydrogen-bond acceptors (Lipinski definition) is 1. The van der Waals surface area contributed by atoms with Gasteiger partial charge in [-0.25, -0.2) is 0 Å². The maximum Gasteiger partial charge on any atom is -0.00204 e. The van der Waals surface area contributed by atoms with Gasteiger partial charge in [0.15, 0.2) is 0 Å². The van der Waals surface area contributed by atoms with Crippen molar-refractivity contribution in [2.24, 2.45) is 17.8 Å². The molecule has 0 aliphatic heterocycles. The van der Waals surface area contributed by atoms with E-state index in [9.17, 15) is 0 Å². The number of aryl methyl sites for hydroxylation is 3. The molecule has 0 aliphatic carbocycles. The molecule has 2 unspecified atom stereocenters. The molecule has 1 heteroatoms. The third-order valence-corrected chi connectivity index (χ3v) is 4.36. The first kappa shape index (κ1) is 17.2. The van der Waals surface area contributed by atoms with Crippen LogP contribution in [0.25, 0.3) is 0 Å². The molecule has 0 radical (unpaired) electrons. The maximum atomic E-state index is 3.59. The van der Waals surface area contributed by atoms with Crippen LogP contribution in [0.2, 0.25) is 0 Å². The molecule has 0 saturated carbocycles. The van der Waals surface area contributed by atoms with Gasteiger partial charge >= 0.3 is 0 Å². The highest BCUT2D eigenvalue weighted by Gasteiger charge is 2.15. The highest BCUT2D eigenvalue weighted by atomic mass is 14.9. The van der Waals surface area contributed by atoms with Crippen molar-refractivity contribution < 1.29 is 0 Å². The van der Waals surface area contributed by atoms with Gasteiger partial charge in [0.1, 0.15) is 0 Å². The van der Waals surface area contributed by atoms with Gasteiger partial charge in [0, 0.05) is 0 Å². The molecule has 2 atom stereocenters. The summed E-state index contributed by atoms with van der Waals surface area (Å²) in [7, 11) is 0. The van der Waals surface area contributed by atoms with Gasteiger partial charge in [0.2, 0.25) is 0 Å². The highest BCUT2D eigenvalue weighted by molar-refractivity contribution is 5.37. The van der Waals surface area contributed by atoms with Crippen molar-refractivity contribution in [3.8, 4) is 0 Å². The average Bonchev–Trinajstić information content (AvgIpc) is 2.32. The van der Waals surface area contributed by atoms with E-state index in [0.717, 1.165) is 24.9 Å². The summed E-state index contributed by atoms with van der Waals surface area (Å²) in [5, 5.41) is 3.59. The lowest BCUT2D eigenvalue weighted by Gasteiger charge is -2.23. The number of nitrogens with one attached hydrogen (secondary N) is 1. The fourth-order valence-corrected chi connectivity index (χ4v) is 2.86. The molecule has 0 aromatic heterocycles. The van der Waals surface area contributed by atoms with Crippen molar-refractivity contribution >= 4 is 0 Å². The Balaban J connectivity index is 2.59. The molecule has 0 bridgehead atoms. The molecule has 1 N–H and O–H groups in total. The second-order valence-corrected chi connectivity index (χ2v) is 7.09. The maximum absolute atomic E-state index is 3.59. The summed E-state index contributed by atoms with van der Waals surface area (Å²) in [5.74, 6) is 2.17. The fraction of sp³-hybridized carbons (Fsp3) is 0.684. The Hall–Kier alpha value is -0.820. The van der Waals surface area contributed by atoms with E-state index in [0.29, 0.717) is 5.92 Å². The zero-order valence-electron chi connectivity index (χ0n) is 14.5. The number of benzene rings is 1. The number of rotatable bonds is 7. The first-order chi connectivity index (χ1) is 9.31. The normalized spacial score (nSPS) is 14.6. The average molecular weight is 275 g/mol. The van der Waals surface area contributed by atoms with Crippen LogP contribution in [0.15, 0.2) is 12.1 Å². The fourth-order valence-electron chi connectivity index (χ4n) is 2.86. The monoisotopic (exact) mass is 275 g/mol. The summed E-state index contributed by atoms with van der Waals surface area (Å²) in [4.78, 5) is 0. The van der Waals surface area contributed by atoms with E-state index in [-0.39, 0.29) is 0 Å². The Kier molecular flexibility index (Phi) is 6.75. The van der Waals surface area contributed by atoms with Crippen LogP contribution in [0.3, 0.4) is 0 Å². The van der Waals surface area contributed by atoms with E-state index in [1.807, 2.05) is 0 Å². The molecular formula is C19H33N. The van der Waals surface area contributed by atoms with E-state index in [4.69, 9.17) is 0 Å². The summed E-state index contributed by atoms with van der Waals surface area (Å²) >= 11 is 0. The first-order valence-corrected chi connectivity index (χ1v) is 8.08. The summed E-state index contributed by atoms with van der Waals surface area (Å²) in [6, 6.07) is 4.63. The quantitative estimate of drug-likeness (QED) is 0.762. The first-order valence-electron chi connectivity index (χ1n) is 8.08. The van der Waals surface area contributed by atoms with Crippen molar-refractivity contribution in [1.29, 1.82) is 0 Å². The second kappa shape index (κ2) is 7.83. The molecule has 0 spiro atoms. The van der Waals surface area contributed by atoms with Gasteiger partial charge in [-0.2, -0.15) is 0 Å². The van der Waals surface area contributed by atoms with Crippen molar-refractivity contribution in [1.82, 2.24) is 5.32 Å². The van der Waals surface area contributed by atoms with Crippen LogP contribution < -0.4 is 5.32 Å². The number of hydrogen-bond donors (Lipinski definition) is 1. The van der Waals surface area contributed by atoms with Gasteiger partial charge in [-0.3, -0.25) is 0 Å². The van der Waals surface area contributed by atoms with Gasteiger partial charge in [-0.1, -0.05) is 45.4 Å². The largest absolute Gasteiger partial charge is 0.316 e. The molecule has 1 aromatic carbocycles. The van der Waals surface area contributed by atoms with E-state index in [1.165, 1.54) is 23.1 Å². The topological polar surface area (TPSA) is 12.0 Å². The van der Waals surface area contributed by atoms with Gasteiger partial charge < -0.3 is 5.32 Å². The smallest absolute Gasteiger partial charge is 0.00204 e. The zero-order chi connectivity index (χ0) is 15.3. The summed E-state index contributed by atoms with van der Waals surface area (Å²) in [5.41, 5.74) is 5.84. The molecule has 1 nitrogen and oxygen atoms in total. The minimum atomic E-state index is 0.717. The molecule has 1 rings (SSSR count). The predicted molar refractivity (Wildman–Crippen MR) is 90.4 cm³/mol. The van der Waals surface area contributed by atoms with Crippen molar-refractivity contribution in [3.05, 3.63) is 34.4 Å². The van der Waals surface area contributed by atoms with Crippen LogP contribution in [0.1, 0.15) is 49.9 Å². The van der Waals surface area contributed by atoms with Gasteiger partial charge in [0.25, 0.3) is 0 Å². The third-order valence-electron chi connectivity index (χ3n) is 4.36. The van der Waals surface area contributed by atoms with Crippen LogP contribution in [0, 0.1) is 38.5 Å². The van der Waals surface area contributed by atoms with Gasteiger partial charge in [-0.15, -0.1) is 0 Å². The van der Waals surface area contributed by atoms with E-state index < -0.39 is 0 Å². The van der Waals surface area contributed by atoms with E-state index >= 15 is 0 Å². The zero-order valence-corrected chi connectivity index (χ0v) is 14.5. The summed E-state index contributed by atoms with van der Waals surface area (Å²) in [6.45, 7) is 18.2. The van der Waals surface area contributed by atoms with Crippen LogP contribution >= 0.6 is 0 Å². The Bertz CT molecular complexity index is 397. The molecule has 20 heavy (non-hydrogen) atoms. The SMILES string of the molecule is Cc1cc(C)c(CC(C)C(C)CNCC(C)C)c(C)c1.